The molecule has 92 valence electrons. The van der Waals surface area contributed by atoms with Crippen LogP contribution in [0, 0.1) is 0 Å². The second-order valence-electron chi connectivity index (χ2n) is 3.86. The Kier molecular flexibility index (Phi) is 6.26. The van der Waals surface area contributed by atoms with Gasteiger partial charge in [0.25, 0.3) is 0 Å². The predicted molar refractivity (Wildman–Crippen MR) is 74.6 cm³/mol. The van der Waals surface area contributed by atoms with Gasteiger partial charge in [-0.15, -0.1) is 0 Å². The molecule has 0 saturated heterocycles. The Balaban J connectivity index is 2.83. The van der Waals surface area contributed by atoms with Gasteiger partial charge in [-0.05, 0) is 11.7 Å². The van der Waals surface area contributed by atoms with Gasteiger partial charge in [-0.25, -0.2) is 0 Å². The van der Waals surface area contributed by atoms with E-state index >= 15 is 0 Å². The molecule has 0 N–H and O–H groups in total. The fourth-order valence-corrected chi connectivity index (χ4v) is 4.75. The van der Waals surface area contributed by atoms with Crippen molar-refractivity contribution >= 4 is 8.22 Å². The van der Waals surface area contributed by atoms with E-state index in [0.29, 0.717) is 0 Å². The molecule has 0 fully saturated rings. The Bertz CT molecular complexity index is 241. The zero-order valence-electron chi connectivity index (χ0n) is 11.1. The second kappa shape index (κ2) is 7.21. The smallest absolute Gasteiger partial charge is 0.0684 e. The summed E-state index contributed by atoms with van der Waals surface area (Å²) >= 11 is 0. The topological polar surface area (TPSA) is 6.48 Å². The van der Waals surface area contributed by atoms with Crippen LogP contribution in [0.25, 0.3) is 0 Å². The molecule has 0 atom stereocenters. The Hall–Kier alpha value is -0.170. The average Bonchev–Trinajstić information content (AvgIpc) is 2.83. The third kappa shape index (κ3) is 3.16. The van der Waals surface area contributed by atoms with Crippen molar-refractivity contribution in [1.82, 2.24) is 9.34 Å². The van der Waals surface area contributed by atoms with E-state index in [1.165, 1.54) is 0 Å². The van der Waals surface area contributed by atoms with E-state index in [1.54, 1.807) is 5.31 Å². The fourth-order valence-electron chi connectivity index (χ4n) is 2.11. The number of allylic oxidation sites excluding steroid dienone is 4. The van der Waals surface area contributed by atoms with Gasteiger partial charge in [0, 0.05) is 26.2 Å². The molecule has 0 aromatic heterocycles. The lowest BCUT2D eigenvalue weighted by molar-refractivity contribution is 0.427. The van der Waals surface area contributed by atoms with E-state index in [4.69, 9.17) is 0 Å². The quantitative estimate of drug-likeness (QED) is 0.624. The zero-order chi connectivity index (χ0) is 12.0. The van der Waals surface area contributed by atoms with E-state index in [0.717, 1.165) is 32.6 Å². The maximum absolute atomic E-state index is 2.61. The lowest BCUT2D eigenvalue weighted by atomic mass is 10.5. The molecule has 0 bridgehead atoms. The van der Waals surface area contributed by atoms with Gasteiger partial charge in [0.15, 0.2) is 0 Å². The van der Waals surface area contributed by atoms with Gasteiger partial charge < -0.3 is 0 Å². The monoisotopic (exact) mass is 240 g/mol. The number of hydrogen-bond acceptors (Lipinski definition) is 2. The van der Waals surface area contributed by atoms with Gasteiger partial charge in [0.1, 0.15) is 0 Å². The van der Waals surface area contributed by atoms with Crippen molar-refractivity contribution in [2.24, 2.45) is 0 Å². The molecular weight excluding hydrogens is 215 g/mol. The first-order valence-corrected chi connectivity index (χ1v) is 7.68. The SMILES string of the molecule is CCN(CC)P(C1=CC=CC1)N(CC)CC. The maximum Gasteiger partial charge on any atom is 0.0684 e. The molecule has 0 aromatic rings. The van der Waals surface area contributed by atoms with Gasteiger partial charge in [-0.1, -0.05) is 45.9 Å². The summed E-state index contributed by atoms with van der Waals surface area (Å²) in [5.41, 5.74) is 0. The van der Waals surface area contributed by atoms with Crippen molar-refractivity contribution in [3.05, 3.63) is 23.5 Å². The van der Waals surface area contributed by atoms with Crippen LogP contribution >= 0.6 is 8.22 Å². The molecule has 16 heavy (non-hydrogen) atoms. The van der Waals surface area contributed by atoms with Crippen LogP contribution in [0.2, 0.25) is 0 Å². The third-order valence-corrected chi connectivity index (χ3v) is 6.05. The maximum atomic E-state index is 2.61. The summed E-state index contributed by atoms with van der Waals surface area (Å²) < 4.78 is 5.22. The molecule has 2 nitrogen and oxygen atoms in total. The van der Waals surface area contributed by atoms with Gasteiger partial charge >= 0.3 is 0 Å². The fraction of sp³-hybridized carbons (Fsp3) is 0.692. The van der Waals surface area contributed by atoms with Crippen LogP contribution in [0.1, 0.15) is 34.1 Å². The first-order chi connectivity index (χ1) is 7.78. The Labute approximate surface area is 102 Å². The van der Waals surface area contributed by atoms with E-state index < -0.39 is 0 Å². The van der Waals surface area contributed by atoms with Crippen LogP contribution in [0.4, 0.5) is 0 Å². The van der Waals surface area contributed by atoms with Crippen LogP contribution in [0.5, 0.6) is 0 Å². The van der Waals surface area contributed by atoms with Crippen molar-refractivity contribution < 1.29 is 0 Å². The normalized spacial score (nSPS) is 15.6. The summed E-state index contributed by atoms with van der Waals surface area (Å²) in [7, 11) is -0.224. The van der Waals surface area contributed by atoms with Crippen molar-refractivity contribution in [2.45, 2.75) is 34.1 Å². The van der Waals surface area contributed by atoms with Gasteiger partial charge in [-0.3, -0.25) is 9.34 Å². The molecule has 0 saturated carbocycles. The molecule has 0 amide bonds. The number of rotatable bonds is 7. The van der Waals surface area contributed by atoms with Crippen molar-refractivity contribution in [1.29, 1.82) is 0 Å². The molecular formula is C13H25N2P. The highest BCUT2D eigenvalue weighted by atomic mass is 31.1. The highest BCUT2D eigenvalue weighted by Gasteiger charge is 2.25. The standard InChI is InChI=1S/C13H25N2P/c1-5-14(6-2)16(15(7-3)8-4)13-11-9-10-12-13/h9-11H,5-8,12H2,1-4H3. The minimum atomic E-state index is -0.224. The molecule has 1 rings (SSSR count). The van der Waals surface area contributed by atoms with Crippen LogP contribution in [-0.4, -0.2) is 35.5 Å². The molecule has 0 aliphatic heterocycles. The third-order valence-electron chi connectivity index (χ3n) is 3.00. The Morgan fingerprint density at radius 2 is 1.50 bits per heavy atom. The van der Waals surface area contributed by atoms with Gasteiger partial charge in [0.05, 0.1) is 8.22 Å². The molecule has 0 spiro atoms. The van der Waals surface area contributed by atoms with Crippen LogP contribution in [0.3, 0.4) is 0 Å². The van der Waals surface area contributed by atoms with Crippen molar-refractivity contribution in [3.8, 4) is 0 Å². The van der Waals surface area contributed by atoms with E-state index in [1.807, 2.05) is 0 Å². The lowest BCUT2D eigenvalue weighted by Crippen LogP contribution is -2.29. The molecule has 0 unspecified atom stereocenters. The average molecular weight is 240 g/mol. The van der Waals surface area contributed by atoms with Gasteiger partial charge in [0.2, 0.25) is 0 Å². The largest absolute Gasteiger partial charge is 0.267 e. The minimum Gasteiger partial charge on any atom is -0.267 e. The number of hydrogen-bond donors (Lipinski definition) is 0. The second-order valence-corrected chi connectivity index (χ2v) is 6.14. The molecule has 1 aliphatic carbocycles. The summed E-state index contributed by atoms with van der Waals surface area (Å²) in [4.78, 5) is 0. The van der Waals surface area contributed by atoms with Crippen LogP contribution in [-0.2, 0) is 0 Å². The first kappa shape index (κ1) is 13.9. The summed E-state index contributed by atoms with van der Waals surface area (Å²) in [6, 6.07) is 0. The summed E-state index contributed by atoms with van der Waals surface area (Å²) in [6.07, 6.45) is 7.95. The molecule has 3 heteroatoms. The highest BCUT2D eigenvalue weighted by molar-refractivity contribution is 7.57. The van der Waals surface area contributed by atoms with Gasteiger partial charge in [-0.2, -0.15) is 0 Å². The van der Waals surface area contributed by atoms with Crippen LogP contribution < -0.4 is 0 Å². The molecule has 0 radical (unpaired) electrons. The lowest BCUT2D eigenvalue weighted by Gasteiger charge is -2.38. The van der Waals surface area contributed by atoms with Crippen LogP contribution in [0.15, 0.2) is 23.5 Å². The number of nitrogens with zero attached hydrogens (tertiary/aromatic N) is 2. The zero-order valence-corrected chi connectivity index (χ0v) is 12.0. The van der Waals surface area contributed by atoms with Crippen molar-refractivity contribution in [3.63, 3.8) is 0 Å². The summed E-state index contributed by atoms with van der Waals surface area (Å²) in [5.74, 6) is 0. The Morgan fingerprint density at radius 3 is 1.81 bits per heavy atom. The van der Waals surface area contributed by atoms with Crippen molar-refractivity contribution in [2.75, 3.05) is 26.2 Å². The van der Waals surface area contributed by atoms with E-state index in [2.05, 4.69) is 55.3 Å². The Morgan fingerprint density at radius 1 is 1.00 bits per heavy atom. The predicted octanol–water partition coefficient (Wildman–Crippen LogP) is 3.83. The first-order valence-electron chi connectivity index (χ1n) is 6.43. The van der Waals surface area contributed by atoms with E-state index in [9.17, 15) is 0 Å². The molecule has 0 aromatic carbocycles. The summed E-state index contributed by atoms with van der Waals surface area (Å²) in [6.45, 7) is 13.7. The van der Waals surface area contributed by atoms with E-state index in [-0.39, 0.29) is 8.22 Å². The molecule has 0 heterocycles. The minimum absolute atomic E-state index is 0.224. The highest BCUT2D eigenvalue weighted by Crippen LogP contribution is 2.53. The molecule has 1 aliphatic rings. The summed E-state index contributed by atoms with van der Waals surface area (Å²) in [5, 5.41) is 1.61.